The molecule has 0 saturated carbocycles. The Morgan fingerprint density at radius 3 is 2.86 bits per heavy atom. The summed E-state index contributed by atoms with van der Waals surface area (Å²) in [5.41, 5.74) is 2.12. The van der Waals surface area contributed by atoms with Crippen molar-refractivity contribution in [2.24, 2.45) is 0 Å². The SMILES string of the molecule is COc1cc(Cl)cc(CBr)c1OCc1ccnc(C#N)c1. The molecule has 2 aromatic rings. The van der Waals surface area contributed by atoms with Crippen molar-refractivity contribution >= 4 is 27.5 Å². The van der Waals surface area contributed by atoms with Crippen LogP contribution in [0.25, 0.3) is 0 Å². The van der Waals surface area contributed by atoms with Gasteiger partial charge < -0.3 is 9.47 Å². The van der Waals surface area contributed by atoms with E-state index in [1.54, 1.807) is 31.5 Å². The predicted octanol–water partition coefficient (Wildman–Crippen LogP) is 4.09. The van der Waals surface area contributed by atoms with E-state index in [0.717, 1.165) is 11.1 Å². The lowest BCUT2D eigenvalue weighted by Crippen LogP contribution is -2.01. The largest absolute Gasteiger partial charge is 0.493 e. The summed E-state index contributed by atoms with van der Waals surface area (Å²) in [5.74, 6) is 1.21. The number of halogens is 2. The van der Waals surface area contributed by atoms with Crippen molar-refractivity contribution in [3.63, 3.8) is 0 Å². The highest BCUT2D eigenvalue weighted by Gasteiger charge is 2.12. The zero-order valence-corrected chi connectivity index (χ0v) is 13.6. The number of hydrogen-bond donors (Lipinski definition) is 0. The standard InChI is InChI=1S/C15H12BrClN2O2/c1-20-14-6-12(17)5-11(7-16)15(14)21-9-10-2-3-19-13(4-10)8-18/h2-6H,7,9H2,1H3. The molecule has 4 nitrogen and oxygen atoms in total. The van der Waals surface area contributed by atoms with E-state index in [1.165, 1.54) is 0 Å². The summed E-state index contributed by atoms with van der Waals surface area (Å²) in [7, 11) is 1.57. The normalized spacial score (nSPS) is 10.0. The van der Waals surface area contributed by atoms with Crippen LogP contribution in [0, 0.1) is 11.3 Å². The van der Waals surface area contributed by atoms with Crippen molar-refractivity contribution in [1.82, 2.24) is 4.98 Å². The van der Waals surface area contributed by atoms with Crippen LogP contribution in [0.5, 0.6) is 11.5 Å². The quantitative estimate of drug-likeness (QED) is 0.747. The molecule has 6 heteroatoms. The molecule has 0 spiro atoms. The molecule has 0 radical (unpaired) electrons. The minimum Gasteiger partial charge on any atom is -0.493 e. The smallest absolute Gasteiger partial charge is 0.165 e. The summed E-state index contributed by atoms with van der Waals surface area (Å²) in [5, 5.41) is 10.0. The van der Waals surface area contributed by atoms with Crippen LogP contribution in [0.2, 0.25) is 5.02 Å². The highest BCUT2D eigenvalue weighted by atomic mass is 79.9. The molecular weight excluding hydrogens is 356 g/mol. The van der Waals surface area contributed by atoms with E-state index in [2.05, 4.69) is 20.9 Å². The molecule has 0 saturated heterocycles. The average Bonchev–Trinajstić information content (AvgIpc) is 2.52. The number of rotatable bonds is 5. The molecule has 0 aliphatic rings. The maximum absolute atomic E-state index is 8.85. The van der Waals surface area contributed by atoms with Crippen LogP contribution in [0.4, 0.5) is 0 Å². The molecule has 0 atom stereocenters. The summed E-state index contributed by atoms with van der Waals surface area (Å²) in [6.07, 6.45) is 1.59. The third-order valence-corrected chi connectivity index (χ3v) is 3.60. The Hall–Kier alpha value is -1.77. The van der Waals surface area contributed by atoms with Crippen molar-refractivity contribution < 1.29 is 9.47 Å². The van der Waals surface area contributed by atoms with Crippen LogP contribution in [0.15, 0.2) is 30.5 Å². The maximum Gasteiger partial charge on any atom is 0.165 e. The topological polar surface area (TPSA) is 55.1 Å². The van der Waals surface area contributed by atoms with Gasteiger partial charge in [0.2, 0.25) is 0 Å². The third-order valence-electron chi connectivity index (χ3n) is 2.78. The number of benzene rings is 1. The molecule has 2 rings (SSSR count). The first-order valence-electron chi connectivity index (χ1n) is 6.08. The van der Waals surface area contributed by atoms with Gasteiger partial charge in [0, 0.05) is 28.2 Å². The monoisotopic (exact) mass is 366 g/mol. The molecular formula is C15H12BrClN2O2. The van der Waals surface area contributed by atoms with E-state index in [1.807, 2.05) is 12.1 Å². The lowest BCUT2D eigenvalue weighted by Gasteiger charge is -2.14. The van der Waals surface area contributed by atoms with E-state index < -0.39 is 0 Å². The molecule has 0 amide bonds. The van der Waals surface area contributed by atoms with Gasteiger partial charge in [0.1, 0.15) is 18.4 Å². The second-order valence-corrected chi connectivity index (χ2v) is 5.18. The van der Waals surface area contributed by atoms with Crippen LogP contribution in [0.1, 0.15) is 16.8 Å². The first kappa shape index (κ1) is 15.6. The molecule has 0 fully saturated rings. The summed E-state index contributed by atoms with van der Waals surface area (Å²) in [6, 6.07) is 9.02. The first-order valence-corrected chi connectivity index (χ1v) is 7.58. The zero-order chi connectivity index (χ0) is 15.2. The maximum atomic E-state index is 8.85. The molecule has 0 aliphatic heterocycles. The number of ether oxygens (including phenoxy) is 2. The number of nitrogens with zero attached hydrogens (tertiary/aromatic N) is 2. The Morgan fingerprint density at radius 1 is 1.38 bits per heavy atom. The van der Waals surface area contributed by atoms with Gasteiger partial charge >= 0.3 is 0 Å². The molecule has 0 aliphatic carbocycles. The van der Waals surface area contributed by atoms with E-state index in [0.29, 0.717) is 34.2 Å². The van der Waals surface area contributed by atoms with Gasteiger partial charge in [-0.2, -0.15) is 5.26 Å². The molecule has 0 bridgehead atoms. The third kappa shape index (κ3) is 3.87. The fraction of sp³-hybridized carbons (Fsp3) is 0.200. The second kappa shape index (κ2) is 7.30. The Labute approximate surface area is 136 Å². The van der Waals surface area contributed by atoms with Gasteiger partial charge in [-0.1, -0.05) is 27.5 Å². The molecule has 0 unspecified atom stereocenters. The van der Waals surface area contributed by atoms with Gasteiger partial charge in [0.15, 0.2) is 11.5 Å². The molecule has 1 aromatic heterocycles. The average molecular weight is 368 g/mol. The highest BCUT2D eigenvalue weighted by molar-refractivity contribution is 9.08. The van der Waals surface area contributed by atoms with Crippen molar-refractivity contribution in [3.05, 3.63) is 52.3 Å². The van der Waals surface area contributed by atoms with Gasteiger partial charge in [-0.3, -0.25) is 0 Å². The van der Waals surface area contributed by atoms with Crippen molar-refractivity contribution in [2.45, 2.75) is 11.9 Å². The zero-order valence-electron chi connectivity index (χ0n) is 11.3. The summed E-state index contributed by atoms with van der Waals surface area (Å²) >= 11 is 9.44. The van der Waals surface area contributed by atoms with Gasteiger partial charge in [0.05, 0.1) is 7.11 Å². The first-order chi connectivity index (χ1) is 10.2. The molecule has 1 aromatic carbocycles. The summed E-state index contributed by atoms with van der Waals surface area (Å²) < 4.78 is 11.1. The molecule has 0 N–H and O–H groups in total. The Kier molecular flexibility index (Phi) is 5.43. The van der Waals surface area contributed by atoms with Crippen molar-refractivity contribution in [1.29, 1.82) is 5.26 Å². The van der Waals surface area contributed by atoms with E-state index in [4.69, 9.17) is 26.3 Å². The Morgan fingerprint density at radius 2 is 2.19 bits per heavy atom. The number of methoxy groups -OCH3 is 1. The minimum absolute atomic E-state index is 0.315. The molecule has 21 heavy (non-hydrogen) atoms. The van der Waals surface area contributed by atoms with Crippen LogP contribution >= 0.6 is 27.5 Å². The lowest BCUT2D eigenvalue weighted by molar-refractivity contribution is 0.282. The van der Waals surface area contributed by atoms with E-state index >= 15 is 0 Å². The van der Waals surface area contributed by atoms with Gasteiger partial charge in [-0.15, -0.1) is 0 Å². The summed E-state index contributed by atoms with van der Waals surface area (Å²) in [4.78, 5) is 3.93. The summed E-state index contributed by atoms with van der Waals surface area (Å²) in [6.45, 7) is 0.315. The number of pyridine rings is 1. The van der Waals surface area contributed by atoms with E-state index in [9.17, 15) is 0 Å². The fourth-order valence-electron chi connectivity index (χ4n) is 1.82. The Balaban J connectivity index is 2.25. The number of nitriles is 1. The number of hydrogen-bond acceptors (Lipinski definition) is 4. The van der Waals surface area contributed by atoms with Crippen LogP contribution in [0.3, 0.4) is 0 Å². The fourth-order valence-corrected chi connectivity index (χ4v) is 2.47. The van der Waals surface area contributed by atoms with Gasteiger partial charge in [-0.05, 0) is 23.8 Å². The second-order valence-electron chi connectivity index (χ2n) is 4.18. The number of alkyl halides is 1. The van der Waals surface area contributed by atoms with Crippen molar-refractivity contribution in [3.8, 4) is 17.6 Å². The lowest BCUT2D eigenvalue weighted by atomic mass is 10.2. The van der Waals surface area contributed by atoms with E-state index in [-0.39, 0.29) is 0 Å². The van der Waals surface area contributed by atoms with Crippen LogP contribution in [-0.4, -0.2) is 12.1 Å². The minimum atomic E-state index is 0.315. The van der Waals surface area contributed by atoms with Gasteiger partial charge in [0.25, 0.3) is 0 Å². The van der Waals surface area contributed by atoms with Gasteiger partial charge in [-0.25, -0.2) is 4.98 Å². The molecule has 1 heterocycles. The Bertz CT molecular complexity index is 661. The highest BCUT2D eigenvalue weighted by Crippen LogP contribution is 2.36. The predicted molar refractivity (Wildman–Crippen MR) is 83.9 cm³/mol. The van der Waals surface area contributed by atoms with Crippen LogP contribution in [-0.2, 0) is 11.9 Å². The number of aromatic nitrogens is 1. The van der Waals surface area contributed by atoms with Crippen molar-refractivity contribution in [2.75, 3.05) is 7.11 Å². The van der Waals surface area contributed by atoms with Crippen LogP contribution < -0.4 is 9.47 Å². The molecule has 108 valence electrons.